The molecule has 0 spiro atoms. The molecule has 0 unspecified atom stereocenters. The number of carbonyl (C=O) groups is 2. The van der Waals surface area contributed by atoms with Gasteiger partial charge in [0.15, 0.2) is 35.6 Å². The number of hydrogen-bond donors (Lipinski definition) is 10. The molecule has 2 aliphatic heterocycles. The molecule has 10 N–H and O–H groups in total. The maximum Gasteiger partial charge on any atom is 0.342 e. The van der Waals surface area contributed by atoms with Crippen LogP contribution in [-0.4, -0.2) is 138 Å². The lowest BCUT2D eigenvalue weighted by Gasteiger charge is -2.44. The lowest BCUT2D eigenvalue weighted by Crippen LogP contribution is -2.64. The molecular formula is C28H34O17. The third kappa shape index (κ3) is 6.91. The van der Waals surface area contributed by atoms with E-state index in [-0.39, 0.29) is 22.3 Å². The molecule has 0 bridgehead atoms. The van der Waals surface area contributed by atoms with Crippen LogP contribution in [0.2, 0.25) is 0 Å². The van der Waals surface area contributed by atoms with Crippen molar-refractivity contribution >= 4 is 11.9 Å². The number of phenolic OH excluding ortho intramolecular Hbond substituents is 4. The van der Waals surface area contributed by atoms with Gasteiger partial charge in [-0.25, -0.2) is 9.59 Å². The average molecular weight is 643 g/mol. The lowest BCUT2D eigenvalue weighted by atomic mass is 9.98. The van der Waals surface area contributed by atoms with Crippen molar-refractivity contribution in [3.63, 3.8) is 0 Å². The predicted molar refractivity (Wildman–Crippen MR) is 144 cm³/mol. The number of aromatic hydroxyl groups is 4. The monoisotopic (exact) mass is 642 g/mol. The van der Waals surface area contributed by atoms with Gasteiger partial charge in [-0.3, -0.25) is 0 Å². The molecule has 10 atom stereocenters. The molecule has 0 saturated carbocycles. The Kier molecular flexibility index (Phi) is 10.4. The molecule has 17 heteroatoms. The molecule has 2 fully saturated rings. The van der Waals surface area contributed by atoms with E-state index in [9.17, 15) is 60.7 Å². The minimum absolute atomic E-state index is 0.246. The molecule has 45 heavy (non-hydrogen) atoms. The van der Waals surface area contributed by atoms with Gasteiger partial charge >= 0.3 is 11.9 Å². The number of benzene rings is 2. The van der Waals surface area contributed by atoms with E-state index >= 15 is 0 Å². The number of ether oxygens (including phenoxy) is 5. The van der Waals surface area contributed by atoms with Crippen molar-refractivity contribution in [2.45, 2.75) is 75.3 Å². The van der Waals surface area contributed by atoms with Gasteiger partial charge in [-0.15, -0.1) is 0 Å². The zero-order chi connectivity index (χ0) is 33.3. The van der Waals surface area contributed by atoms with Crippen LogP contribution in [0, 0.1) is 13.8 Å². The van der Waals surface area contributed by atoms with Gasteiger partial charge in [-0.05, 0) is 37.1 Å². The number of aryl methyl sites for hydroxylation is 2. The van der Waals surface area contributed by atoms with E-state index in [4.69, 9.17) is 23.7 Å². The van der Waals surface area contributed by atoms with Crippen LogP contribution in [0.4, 0.5) is 0 Å². The van der Waals surface area contributed by atoms with Crippen LogP contribution in [-0.2, 0) is 23.7 Å². The van der Waals surface area contributed by atoms with Crippen molar-refractivity contribution in [1.82, 2.24) is 0 Å². The van der Waals surface area contributed by atoms with Crippen molar-refractivity contribution in [1.29, 1.82) is 0 Å². The fourth-order valence-electron chi connectivity index (χ4n) is 4.80. The highest BCUT2D eigenvalue weighted by molar-refractivity contribution is 5.95. The molecule has 248 valence electrons. The number of carbonyl (C=O) groups excluding carboxylic acids is 2. The summed E-state index contributed by atoms with van der Waals surface area (Å²) in [5, 5.41) is 102. The second-order valence-corrected chi connectivity index (χ2v) is 10.6. The predicted octanol–water partition coefficient (Wildman–Crippen LogP) is -2.23. The Bertz CT molecular complexity index is 1290. The third-order valence-electron chi connectivity index (χ3n) is 7.50. The second kappa shape index (κ2) is 13.7. The highest BCUT2D eigenvalue weighted by Gasteiger charge is 2.50. The number of aliphatic hydroxyl groups is 6. The lowest BCUT2D eigenvalue weighted by molar-refractivity contribution is -0.376. The van der Waals surface area contributed by atoms with Gasteiger partial charge in [0, 0.05) is 0 Å². The van der Waals surface area contributed by atoms with Crippen molar-refractivity contribution in [2.24, 2.45) is 0 Å². The summed E-state index contributed by atoms with van der Waals surface area (Å²) in [6.45, 7) is 1.40. The summed E-state index contributed by atoms with van der Waals surface area (Å²) in [5.74, 6) is -4.92. The quantitative estimate of drug-likeness (QED) is 0.108. The van der Waals surface area contributed by atoms with Gasteiger partial charge in [-0.2, -0.15) is 0 Å². The Balaban J connectivity index is 1.43. The summed E-state index contributed by atoms with van der Waals surface area (Å²) in [6.07, 6.45) is -18.4. The topological polar surface area (TPSA) is 283 Å². The Labute approximate surface area is 254 Å². The number of aliphatic hydroxyl groups excluding tert-OH is 6. The van der Waals surface area contributed by atoms with Gasteiger partial charge in [0.1, 0.15) is 73.2 Å². The van der Waals surface area contributed by atoms with Gasteiger partial charge in [-0.1, -0.05) is 12.1 Å². The molecule has 2 aliphatic rings. The first-order chi connectivity index (χ1) is 21.1. The van der Waals surface area contributed by atoms with E-state index in [1.54, 1.807) is 0 Å². The minimum Gasteiger partial charge on any atom is -0.504 e. The number of rotatable bonds is 8. The van der Waals surface area contributed by atoms with E-state index in [1.165, 1.54) is 26.0 Å². The molecule has 0 aliphatic carbocycles. The summed E-state index contributed by atoms with van der Waals surface area (Å²) in [4.78, 5) is 25.2. The van der Waals surface area contributed by atoms with Crippen molar-refractivity contribution in [3.05, 3.63) is 46.5 Å². The maximum absolute atomic E-state index is 12.6. The standard InChI is InChI=1S/C28H34O17/c1-9-3-5-11(29)17(31)15(9)25(39)41-7-13-19(33)21(35)23(37)27(43-13)45-28-24(38)22(36)20(34)14(44-28)8-42-26(40)16-10(2)4-6-12(30)18(16)32/h3-6,13-14,19-24,27-38H,7-8H2,1-2H3/t13-,14-,19-,20-,21+,22+,23-,24-,27-,28-/m1/s1. The van der Waals surface area contributed by atoms with E-state index < -0.39 is 110 Å². The molecule has 17 nitrogen and oxygen atoms in total. The number of phenols is 4. The van der Waals surface area contributed by atoms with Crippen LogP contribution in [0.25, 0.3) is 0 Å². The van der Waals surface area contributed by atoms with Gasteiger partial charge in [0.25, 0.3) is 0 Å². The molecule has 0 radical (unpaired) electrons. The fourth-order valence-corrected chi connectivity index (χ4v) is 4.80. The third-order valence-corrected chi connectivity index (χ3v) is 7.50. The summed E-state index contributed by atoms with van der Waals surface area (Å²) < 4.78 is 26.5. The van der Waals surface area contributed by atoms with Gasteiger partial charge in [0.05, 0.1) is 0 Å². The first-order valence-corrected chi connectivity index (χ1v) is 13.6. The first kappa shape index (κ1) is 34.1. The first-order valence-electron chi connectivity index (χ1n) is 13.6. The van der Waals surface area contributed by atoms with Crippen LogP contribution in [0.5, 0.6) is 23.0 Å². The van der Waals surface area contributed by atoms with Crippen LogP contribution in [0.3, 0.4) is 0 Å². The fraction of sp³-hybridized carbons (Fsp3) is 0.500. The van der Waals surface area contributed by atoms with Crippen molar-refractivity contribution in [3.8, 4) is 23.0 Å². The van der Waals surface area contributed by atoms with Crippen molar-refractivity contribution < 1.29 is 84.3 Å². The Hall–Kier alpha value is -3.78. The molecule has 0 aromatic heterocycles. The average Bonchev–Trinajstić information content (AvgIpc) is 3.00. The normalized spacial score (nSPS) is 31.7. The zero-order valence-electron chi connectivity index (χ0n) is 23.8. The molecule has 2 heterocycles. The zero-order valence-corrected chi connectivity index (χ0v) is 23.8. The molecule has 2 saturated heterocycles. The largest absolute Gasteiger partial charge is 0.504 e. The van der Waals surface area contributed by atoms with E-state index in [0.717, 1.165) is 12.1 Å². The Morgan fingerprint density at radius 1 is 0.600 bits per heavy atom. The summed E-state index contributed by atoms with van der Waals surface area (Å²) in [6, 6.07) is 4.99. The molecule has 4 rings (SSSR count). The highest BCUT2D eigenvalue weighted by atomic mass is 16.8. The van der Waals surface area contributed by atoms with Gasteiger partial charge in [0.2, 0.25) is 0 Å². The molecule has 0 amide bonds. The maximum atomic E-state index is 12.6. The van der Waals surface area contributed by atoms with Crippen LogP contribution in [0.1, 0.15) is 31.8 Å². The smallest absolute Gasteiger partial charge is 0.342 e. The van der Waals surface area contributed by atoms with Crippen LogP contribution >= 0.6 is 0 Å². The highest BCUT2D eigenvalue weighted by Crippen LogP contribution is 2.34. The SMILES string of the molecule is Cc1ccc(O)c(O)c1C(=O)OC[C@H]1O[C@H](O[C@H]2O[C@H](COC(=O)c3c(C)ccc(O)c3O)[C@@H](O)[C@H](O)[C@H]2O)[C@H](O)[C@@H](O)[C@@H]1O. The van der Waals surface area contributed by atoms with E-state index in [1.807, 2.05) is 0 Å². The molecule has 2 aromatic carbocycles. The molecular weight excluding hydrogens is 608 g/mol. The summed E-state index contributed by atoms with van der Waals surface area (Å²) in [5.41, 5.74) is -0.257. The Morgan fingerprint density at radius 3 is 1.31 bits per heavy atom. The Morgan fingerprint density at radius 2 is 0.956 bits per heavy atom. The van der Waals surface area contributed by atoms with E-state index in [2.05, 4.69) is 0 Å². The number of esters is 2. The minimum atomic E-state index is -1.97. The molecule has 2 aromatic rings. The van der Waals surface area contributed by atoms with Crippen LogP contribution < -0.4 is 0 Å². The van der Waals surface area contributed by atoms with Gasteiger partial charge < -0.3 is 74.7 Å². The van der Waals surface area contributed by atoms with E-state index in [0.29, 0.717) is 0 Å². The second-order valence-electron chi connectivity index (χ2n) is 10.6. The van der Waals surface area contributed by atoms with Crippen LogP contribution in [0.15, 0.2) is 24.3 Å². The summed E-state index contributed by atoms with van der Waals surface area (Å²) >= 11 is 0. The number of hydrogen-bond acceptors (Lipinski definition) is 17. The summed E-state index contributed by atoms with van der Waals surface area (Å²) in [7, 11) is 0. The van der Waals surface area contributed by atoms with Crippen molar-refractivity contribution in [2.75, 3.05) is 13.2 Å².